The van der Waals surface area contributed by atoms with Gasteiger partial charge in [-0.25, -0.2) is 4.79 Å². The Bertz CT molecular complexity index is 334. The van der Waals surface area contributed by atoms with Crippen LogP contribution in [0.3, 0.4) is 0 Å². The van der Waals surface area contributed by atoms with Crippen molar-refractivity contribution < 1.29 is 19.1 Å². The Morgan fingerprint density at radius 2 is 2.44 bits per heavy atom. The first kappa shape index (κ1) is 13.1. The highest BCUT2D eigenvalue weighted by Gasteiger charge is 2.14. The van der Waals surface area contributed by atoms with Gasteiger partial charge in [0.15, 0.2) is 0 Å². The second kappa shape index (κ2) is 6.60. The molecule has 1 rings (SSSR count). The Morgan fingerprint density at radius 3 is 3.06 bits per heavy atom. The van der Waals surface area contributed by atoms with E-state index in [1.165, 1.54) is 13.4 Å². The second-order valence-corrected chi connectivity index (χ2v) is 4.58. The molecular formula is C11H16O4S. The quantitative estimate of drug-likeness (QED) is 0.775. The molecule has 0 aliphatic carbocycles. The first-order valence-corrected chi connectivity index (χ1v) is 6.17. The Morgan fingerprint density at radius 1 is 1.69 bits per heavy atom. The Labute approximate surface area is 99.0 Å². The van der Waals surface area contributed by atoms with Crippen LogP contribution < -0.4 is 0 Å². The van der Waals surface area contributed by atoms with Crippen molar-refractivity contribution in [3.63, 3.8) is 0 Å². The van der Waals surface area contributed by atoms with Crippen LogP contribution in [0, 0.1) is 5.92 Å². The van der Waals surface area contributed by atoms with Crippen LogP contribution in [0.2, 0.25) is 0 Å². The molecule has 0 radical (unpaired) electrons. The summed E-state index contributed by atoms with van der Waals surface area (Å²) in [5.74, 6) is 1.95. The van der Waals surface area contributed by atoms with E-state index in [1.54, 1.807) is 17.8 Å². The maximum Gasteiger partial charge on any atom is 0.341 e. The number of hydrogen-bond donors (Lipinski definition) is 1. The van der Waals surface area contributed by atoms with Crippen molar-refractivity contribution in [2.45, 2.75) is 12.7 Å². The lowest BCUT2D eigenvalue weighted by Gasteiger charge is -2.06. The molecule has 0 spiro atoms. The van der Waals surface area contributed by atoms with Gasteiger partial charge in [-0.2, -0.15) is 11.8 Å². The summed E-state index contributed by atoms with van der Waals surface area (Å²) in [7, 11) is 1.35. The molecule has 4 nitrogen and oxygen atoms in total. The van der Waals surface area contributed by atoms with Crippen LogP contribution in [0.1, 0.15) is 23.0 Å². The van der Waals surface area contributed by atoms with Gasteiger partial charge >= 0.3 is 5.97 Å². The van der Waals surface area contributed by atoms with E-state index in [4.69, 9.17) is 9.52 Å². The summed E-state index contributed by atoms with van der Waals surface area (Å²) in [6.07, 6.45) is 1.48. The second-order valence-electron chi connectivity index (χ2n) is 3.55. The van der Waals surface area contributed by atoms with E-state index in [9.17, 15) is 4.79 Å². The molecule has 0 fully saturated rings. The van der Waals surface area contributed by atoms with Gasteiger partial charge in [0.05, 0.1) is 19.1 Å². The fraction of sp³-hybridized carbons (Fsp3) is 0.545. The summed E-state index contributed by atoms with van der Waals surface area (Å²) in [4.78, 5) is 11.3. The molecule has 0 aromatic carbocycles. The molecule has 1 aromatic rings. The minimum atomic E-state index is -0.375. The minimum Gasteiger partial charge on any atom is -0.468 e. The van der Waals surface area contributed by atoms with Gasteiger partial charge < -0.3 is 14.3 Å². The average molecular weight is 244 g/mol. The smallest absolute Gasteiger partial charge is 0.341 e. The predicted molar refractivity (Wildman–Crippen MR) is 62.5 cm³/mol. The summed E-state index contributed by atoms with van der Waals surface area (Å²) in [5.41, 5.74) is 0.478. The number of carbonyl (C=O) groups is 1. The van der Waals surface area contributed by atoms with E-state index in [2.05, 4.69) is 4.74 Å². The third-order valence-electron chi connectivity index (χ3n) is 2.10. The number of ether oxygens (including phenoxy) is 1. The number of esters is 1. The molecule has 1 atom stereocenters. The largest absolute Gasteiger partial charge is 0.468 e. The zero-order valence-corrected chi connectivity index (χ0v) is 10.3. The third-order valence-corrected chi connectivity index (χ3v) is 3.37. The normalized spacial score (nSPS) is 12.4. The first-order valence-electron chi connectivity index (χ1n) is 5.02. The SMILES string of the molecule is COC(=O)c1ccoc1CSCC(C)CO. The highest BCUT2D eigenvalue weighted by molar-refractivity contribution is 7.98. The van der Waals surface area contributed by atoms with E-state index in [0.717, 1.165) is 5.75 Å². The fourth-order valence-electron chi connectivity index (χ4n) is 1.15. The van der Waals surface area contributed by atoms with Crippen LogP contribution >= 0.6 is 11.8 Å². The van der Waals surface area contributed by atoms with E-state index in [0.29, 0.717) is 17.1 Å². The fourth-order valence-corrected chi connectivity index (χ4v) is 2.18. The molecule has 0 amide bonds. The average Bonchev–Trinajstić information content (AvgIpc) is 2.76. The lowest BCUT2D eigenvalue weighted by Crippen LogP contribution is -2.05. The highest BCUT2D eigenvalue weighted by Crippen LogP contribution is 2.20. The molecule has 0 saturated carbocycles. The van der Waals surface area contributed by atoms with Crippen LogP contribution in [-0.2, 0) is 10.5 Å². The van der Waals surface area contributed by atoms with Gasteiger partial charge in [0.2, 0.25) is 0 Å². The molecule has 90 valence electrons. The highest BCUT2D eigenvalue weighted by atomic mass is 32.2. The predicted octanol–water partition coefficient (Wildman–Crippen LogP) is 1.93. The van der Waals surface area contributed by atoms with Crippen LogP contribution in [0.25, 0.3) is 0 Å². The van der Waals surface area contributed by atoms with Crippen LogP contribution in [0.5, 0.6) is 0 Å². The van der Waals surface area contributed by atoms with E-state index in [-0.39, 0.29) is 18.5 Å². The number of hydrogen-bond acceptors (Lipinski definition) is 5. The first-order chi connectivity index (χ1) is 7.69. The maximum atomic E-state index is 11.3. The van der Waals surface area contributed by atoms with Crippen molar-refractivity contribution in [2.24, 2.45) is 5.92 Å². The number of aliphatic hydroxyl groups excluding tert-OH is 1. The van der Waals surface area contributed by atoms with Crippen molar-refractivity contribution in [1.82, 2.24) is 0 Å². The molecule has 1 N–H and O–H groups in total. The zero-order chi connectivity index (χ0) is 12.0. The van der Waals surface area contributed by atoms with Crippen molar-refractivity contribution in [3.05, 3.63) is 23.7 Å². The van der Waals surface area contributed by atoms with Crippen molar-refractivity contribution in [3.8, 4) is 0 Å². The summed E-state index contributed by atoms with van der Waals surface area (Å²) in [6.45, 7) is 2.14. The summed E-state index contributed by atoms with van der Waals surface area (Å²) in [6, 6.07) is 1.61. The molecular weight excluding hydrogens is 228 g/mol. The van der Waals surface area contributed by atoms with E-state index in [1.807, 2.05) is 6.92 Å². The number of thioether (sulfide) groups is 1. The summed E-state index contributed by atoms with van der Waals surface area (Å²) in [5, 5.41) is 8.86. The topological polar surface area (TPSA) is 59.7 Å². The molecule has 1 aromatic heterocycles. The Balaban J connectivity index is 2.48. The van der Waals surface area contributed by atoms with Gasteiger partial charge in [0.25, 0.3) is 0 Å². The zero-order valence-electron chi connectivity index (χ0n) is 9.43. The third kappa shape index (κ3) is 3.57. The van der Waals surface area contributed by atoms with Gasteiger partial charge in [-0.15, -0.1) is 0 Å². The van der Waals surface area contributed by atoms with E-state index < -0.39 is 0 Å². The van der Waals surface area contributed by atoms with Crippen molar-refractivity contribution >= 4 is 17.7 Å². The molecule has 0 aliphatic heterocycles. The molecule has 0 aliphatic rings. The number of methoxy groups -OCH3 is 1. The van der Waals surface area contributed by atoms with Crippen molar-refractivity contribution in [2.75, 3.05) is 19.5 Å². The Kier molecular flexibility index (Phi) is 5.42. The lowest BCUT2D eigenvalue weighted by atomic mass is 10.2. The van der Waals surface area contributed by atoms with Crippen LogP contribution in [0.4, 0.5) is 0 Å². The van der Waals surface area contributed by atoms with E-state index >= 15 is 0 Å². The number of furan rings is 1. The van der Waals surface area contributed by atoms with Crippen LogP contribution in [-0.4, -0.2) is 30.5 Å². The van der Waals surface area contributed by atoms with Gasteiger partial charge in [0.1, 0.15) is 11.3 Å². The number of carbonyl (C=O) groups excluding carboxylic acids is 1. The minimum absolute atomic E-state index is 0.176. The van der Waals surface area contributed by atoms with Crippen molar-refractivity contribution in [1.29, 1.82) is 0 Å². The number of rotatable bonds is 6. The Hall–Kier alpha value is -0.940. The summed E-state index contributed by atoms with van der Waals surface area (Å²) >= 11 is 1.62. The van der Waals surface area contributed by atoms with Gasteiger partial charge in [0, 0.05) is 6.61 Å². The standard InChI is InChI=1S/C11H16O4S/c1-8(5-12)6-16-7-10-9(3-4-15-10)11(13)14-2/h3-4,8,12H,5-7H2,1-2H3. The van der Waals surface area contributed by atoms with Gasteiger partial charge in [-0.1, -0.05) is 6.92 Å². The van der Waals surface area contributed by atoms with Gasteiger partial charge in [-0.3, -0.25) is 0 Å². The molecule has 0 saturated heterocycles. The molecule has 1 heterocycles. The maximum absolute atomic E-state index is 11.3. The lowest BCUT2D eigenvalue weighted by molar-refractivity contribution is 0.0598. The van der Waals surface area contributed by atoms with Gasteiger partial charge in [-0.05, 0) is 17.7 Å². The summed E-state index contributed by atoms with van der Waals surface area (Å²) < 4.78 is 9.85. The molecule has 0 bridgehead atoms. The molecule has 16 heavy (non-hydrogen) atoms. The monoisotopic (exact) mass is 244 g/mol. The molecule has 5 heteroatoms. The molecule has 1 unspecified atom stereocenters. The number of aliphatic hydroxyl groups is 1. The van der Waals surface area contributed by atoms with Crippen LogP contribution in [0.15, 0.2) is 16.7 Å².